The molecule has 1 nitrogen and oxygen atoms in total. The normalized spacial score (nSPS) is 37.8. The molecule has 1 aromatic carbocycles. The summed E-state index contributed by atoms with van der Waals surface area (Å²) in [6.07, 6.45) is 1.29. The van der Waals surface area contributed by atoms with Gasteiger partial charge in [0, 0.05) is 18.0 Å². The van der Waals surface area contributed by atoms with E-state index in [0.29, 0.717) is 21.5 Å². The quantitative estimate of drug-likeness (QED) is 0.797. The van der Waals surface area contributed by atoms with Gasteiger partial charge in [-0.05, 0) is 37.0 Å². The predicted octanol–water partition coefficient (Wildman–Crippen LogP) is 3.24. The molecule has 0 radical (unpaired) electrons. The standard InChI is InChI=1S/C12H13Cl2N/c1-7-9-5-12(9,6-15-7)8-2-3-10(13)11(14)4-8/h2-4,7,9,15H,5-6H2,1H3/t7-,9?,12-/m0/s1. The zero-order valence-electron chi connectivity index (χ0n) is 8.56. The van der Waals surface area contributed by atoms with E-state index in [9.17, 15) is 0 Å². The lowest BCUT2D eigenvalue weighted by Crippen LogP contribution is -2.24. The van der Waals surface area contributed by atoms with Crippen molar-refractivity contribution in [3.05, 3.63) is 33.8 Å². The fraction of sp³-hybridized carbons (Fsp3) is 0.500. The molecule has 1 heterocycles. The molecular weight excluding hydrogens is 229 g/mol. The SMILES string of the molecule is C[C@@H]1NC[C@]2(c3ccc(Cl)c(Cl)c3)CC12. The lowest BCUT2D eigenvalue weighted by molar-refractivity contribution is 0.578. The molecule has 0 bridgehead atoms. The smallest absolute Gasteiger partial charge is 0.0595 e. The minimum absolute atomic E-state index is 0.355. The van der Waals surface area contributed by atoms with Gasteiger partial charge in [-0.25, -0.2) is 0 Å². The Hall–Kier alpha value is -0.240. The maximum Gasteiger partial charge on any atom is 0.0595 e. The molecule has 1 N–H and O–H groups in total. The number of piperidine rings is 1. The fourth-order valence-corrected chi connectivity index (χ4v) is 3.22. The summed E-state index contributed by atoms with van der Waals surface area (Å²) in [5.41, 5.74) is 1.70. The van der Waals surface area contributed by atoms with E-state index in [-0.39, 0.29) is 0 Å². The summed E-state index contributed by atoms with van der Waals surface area (Å²) in [4.78, 5) is 0. The van der Waals surface area contributed by atoms with Crippen molar-refractivity contribution < 1.29 is 0 Å². The third-order valence-corrected chi connectivity index (χ3v) is 4.71. The Morgan fingerprint density at radius 3 is 2.67 bits per heavy atom. The Morgan fingerprint density at radius 2 is 2.13 bits per heavy atom. The van der Waals surface area contributed by atoms with Crippen molar-refractivity contribution in [2.75, 3.05) is 6.54 Å². The second kappa shape index (κ2) is 3.13. The van der Waals surface area contributed by atoms with Gasteiger partial charge in [0.2, 0.25) is 0 Å². The molecule has 3 heteroatoms. The van der Waals surface area contributed by atoms with Crippen LogP contribution in [0.5, 0.6) is 0 Å². The zero-order valence-corrected chi connectivity index (χ0v) is 10.1. The first-order valence-corrected chi connectivity index (χ1v) is 6.08. The molecule has 1 saturated heterocycles. The molecular formula is C12H13Cl2N. The maximum absolute atomic E-state index is 6.06. The van der Waals surface area contributed by atoms with E-state index in [1.54, 1.807) is 0 Å². The van der Waals surface area contributed by atoms with Gasteiger partial charge in [-0.15, -0.1) is 0 Å². The largest absolute Gasteiger partial charge is 0.313 e. The summed E-state index contributed by atoms with van der Waals surface area (Å²) in [5.74, 6) is 0.787. The van der Waals surface area contributed by atoms with Crippen molar-refractivity contribution in [3.8, 4) is 0 Å². The van der Waals surface area contributed by atoms with Gasteiger partial charge in [0.15, 0.2) is 0 Å². The van der Waals surface area contributed by atoms with Crippen LogP contribution in [0, 0.1) is 5.92 Å². The summed E-state index contributed by atoms with van der Waals surface area (Å²) in [7, 11) is 0. The third kappa shape index (κ3) is 1.33. The van der Waals surface area contributed by atoms with Gasteiger partial charge in [0.25, 0.3) is 0 Å². The molecule has 3 atom stereocenters. The van der Waals surface area contributed by atoms with Crippen molar-refractivity contribution in [2.24, 2.45) is 5.92 Å². The van der Waals surface area contributed by atoms with Crippen LogP contribution in [0.15, 0.2) is 18.2 Å². The van der Waals surface area contributed by atoms with E-state index in [1.807, 2.05) is 12.1 Å². The van der Waals surface area contributed by atoms with Gasteiger partial charge in [-0.3, -0.25) is 0 Å². The Kier molecular flexibility index (Phi) is 2.08. The van der Waals surface area contributed by atoms with Gasteiger partial charge in [-0.2, -0.15) is 0 Å². The Labute approximate surface area is 99.8 Å². The monoisotopic (exact) mass is 241 g/mol. The van der Waals surface area contributed by atoms with Crippen LogP contribution >= 0.6 is 23.2 Å². The van der Waals surface area contributed by atoms with Crippen LogP contribution in [-0.2, 0) is 5.41 Å². The number of hydrogen-bond donors (Lipinski definition) is 1. The van der Waals surface area contributed by atoms with Gasteiger partial charge in [0.1, 0.15) is 0 Å². The molecule has 2 fully saturated rings. The molecule has 15 heavy (non-hydrogen) atoms. The summed E-state index contributed by atoms with van der Waals surface area (Å²) in [6.45, 7) is 3.34. The first-order chi connectivity index (χ1) is 7.13. The summed E-state index contributed by atoms with van der Waals surface area (Å²) in [5, 5.41) is 4.84. The van der Waals surface area contributed by atoms with Crippen LogP contribution in [-0.4, -0.2) is 12.6 Å². The Balaban J connectivity index is 1.98. The highest BCUT2D eigenvalue weighted by Gasteiger charge is 2.61. The molecule has 2 aliphatic rings. The first kappa shape index (κ1) is 9.95. The highest BCUT2D eigenvalue weighted by atomic mass is 35.5. The number of halogens is 2. The molecule has 0 spiro atoms. The van der Waals surface area contributed by atoms with Crippen molar-refractivity contribution in [1.82, 2.24) is 5.32 Å². The minimum atomic E-state index is 0.355. The Morgan fingerprint density at radius 1 is 1.33 bits per heavy atom. The fourth-order valence-electron chi connectivity index (χ4n) is 2.92. The average Bonchev–Trinajstić information content (AvgIpc) is 2.88. The van der Waals surface area contributed by atoms with Crippen LogP contribution in [0.1, 0.15) is 18.9 Å². The van der Waals surface area contributed by atoms with E-state index >= 15 is 0 Å². The molecule has 1 unspecified atom stereocenters. The molecule has 3 rings (SSSR count). The van der Waals surface area contributed by atoms with Crippen molar-refractivity contribution in [2.45, 2.75) is 24.8 Å². The summed E-state index contributed by atoms with van der Waals surface area (Å²) in [6, 6.07) is 6.70. The van der Waals surface area contributed by atoms with E-state index in [2.05, 4.69) is 18.3 Å². The van der Waals surface area contributed by atoms with Crippen molar-refractivity contribution in [3.63, 3.8) is 0 Å². The number of fused-ring (bicyclic) bond motifs is 1. The first-order valence-electron chi connectivity index (χ1n) is 5.32. The van der Waals surface area contributed by atoms with Crippen LogP contribution in [0.25, 0.3) is 0 Å². The molecule has 1 aliphatic carbocycles. The second-order valence-electron chi connectivity index (χ2n) is 4.77. The van der Waals surface area contributed by atoms with Crippen LogP contribution in [0.3, 0.4) is 0 Å². The van der Waals surface area contributed by atoms with Gasteiger partial charge in [-0.1, -0.05) is 29.3 Å². The van der Waals surface area contributed by atoms with Gasteiger partial charge >= 0.3 is 0 Å². The highest BCUT2D eigenvalue weighted by Crippen LogP contribution is 2.59. The van der Waals surface area contributed by atoms with Crippen LogP contribution < -0.4 is 5.32 Å². The molecule has 1 aliphatic heterocycles. The van der Waals surface area contributed by atoms with Crippen LogP contribution in [0.4, 0.5) is 0 Å². The highest BCUT2D eigenvalue weighted by molar-refractivity contribution is 6.42. The molecule has 1 aromatic rings. The molecule has 80 valence electrons. The molecule has 0 aromatic heterocycles. The van der Waals surface area contributed by atoms with E-state index in [4.69, 9.17) is 23.2 Å². The lowest BCUT2D eigenvalue weighted by Gasteiger charge is -2.12. The van der Waals surface area contributed by atoms with Gasteiger partial charge in [0.05, 0.1) is 10.0 Å². The van der Waals surface area contributed by atoms with E-state index in [0.717, 1.165) is 12.5 Å². The topological polar surface area (TPSA) is 12.0 Å². The van der Waals surface area contributed by atoms with Crippen LogP contribution in [0.2, 0.25) is 10.0 Å². The predicted molar refractivity (Wildman–Crippen MR) is 63.7 cm³/mol. The summed E-state index contributed by atoms with van der Waals surface area (Å²) < 4.78 is 0. The third-order valence-electron chi connectivity index (χ3n) is 3.97. The second-order valence-corrected chi connectivity index (χ2v) is 5.58. The minimum Gasteiger partial charge on any atom is -0.313 e. The maximum atomic E-state index is 6.06. The molecule has 1 saturated carbocycles. The van der Waals surface area contributed by atoms with Crippen molar-refractivity contribution in [1.29, 1.82) is 0 Å². The zero-order chi connectivity index (χ0) is 10.6. The summed E-state index contributed by atoms with van der Waals surface area (Å²) >= 11 is 12.0. The number of benzene rings is 1. The number of nitrogens with one attached hydrogen (secondary N) is 1. The lowest BCUT2D eigenvalue weighted by atomic mass is 9.94. The average molecular weight is 242 g/mol. The van der Waals surface area contributed by atoms with E-state index < -0.39 is 0 Å². The number of rotatable bonds is 1. The Bertz CT molecular complexity index is 418. The molecule has 0 amide bonds. The van der Waals surface area contributed by atoms with Gasteiger partial charge < -0.3 is 5.32 Å². The number of hydrogen-bond acceptors (Lipinski definition) is 1. The van der Waals surface area contributed by atoms with Crippen molar-refractivity contribution >= 4 is 23.2 Å². The van der Waals surface area contributed by atoms with E-state index in [1.165, 1.54) is 12.0 Å².